The molecule has 1 amide bonds. The van der Waals surface area contributed by atoms with E-state index in [1.165, 1.54) is 0 Å². The number of hydrogen-bond acceptors (Lipinski definition) is 6. The minimum Gasteiger partial charge on any atom is -0.423 e. The third-order valence-corrected chi connectivity index (χ3v) is 3.60. The summed E-state index contributed by atoms with van der Waals surface area (Å²) in [6, 6.07) is 8.71. The van der Waals surface area contributed by atoms with Gasteiger partial charge in [0.15, 0.2) is 6.10 Å². The van der Waals surface area contributed by atoms with Crippen molar-refractivity contribution in [3.63, 3.8) is 0 Å². The maximum atomic E-state index is 12.7. The zero-order chi connectivity index (χ0) is 16.4. The van der Waals surface area contributed by atoms with Gasteiger partial charge < -0.3 is 14.1 Å². The van der Waals surface area contributed by atoms with Gasteiger partial charge in [-0.1, -0.05) is 6.07 Å². The molecular weight excluding hydrogens is 296 g/mol. The first-order chi connectivity index (χ1) is 11.1. The molecule has 7 nitrogen and oxygen atoms in total. The van der Waals surface area contributed by atoms with Gasteiger partial charge in [-0.25, -0.2) is 0 Å². The second kappa shape index (κ2) is 6.18. The average molecular weight is 312 g/mol. The van der Waals surface area contributed by atoms with Crippen LogP contribution >= 0.6 is 0 Å². The van der Waals surface area contributed by atoms with Crippen molar-refractivity contribution < 1.29 is 13.9 Å². The largest absolute Gasteiger partial charge is 0.423 e. The van der Waals surface area contributed by atoms with Crippen molar-refractivity contribution >= 4 is 5.91 Å². The third-order valence-electron chi connectivity index (χ3n) is 3.60. The molecule has 0 N–H and O–H groups in total. The first-order valence-corrected chi connectivity index (χ1v) is 7.31. The summed E-state index contributed by atoms with van der Waals surface area (Å²) < 4.78 is 11.2. The Hall–Kier alpha value is -2.72. The van der Waals surface area contributed by atoms with E-state index in [4.69, 9.17) is 14.4 Å². The van der Waals surface area contributed by atoms with E-state index in [0.29, 0.717) is 36.0 Å². The molecule has 0 bridgehead atoms. The van der Waals surface area contributed by atoms with Crippen molar-refractivity contribution in [3.05, 3.63) is 47.2 Å². The molecule has 1 fully saturated rings. The number of amides is 1. The number of aromatic nitrogens is 2. The van der Waals surface area contributed by atoms with Gasteiger partial charge in [-0.3, -0.25) is 4.79 Å². The first kappa shape index (κ1) is 15.2. The van der Waals surface area contributed by atoms with E-state index in [1.807, 2.05) is 13.0 Å². The standard InChI is InChI=1S/C16H16N4O3/c1-10-8-20(9-14(22-10)15-19-18-11(2)23-15)16(21)13-5-3-4-12(6-13)7-17/h3-6,10,14H,8-9H2,1-2H3/t10-,14-/m1/s1. The monoisotopic (exact) mass is 312 g/mol. The number of carbonyl (C=O) groups excluding carboxylic acids is 1. The van der Waals surface area contributed by atoms with Gasteiger partial charge in [-0.2, -0.15) is 5.26 Å². The van der Waals surface area contributed by atoms with Crippen LogP contribution < -0.4 is 0 Å². The lowest BCUT2D eigenvalue weighted by atomic mass is 10.1. The van der Waals surface area contributed by atoms with E-state index in [1.54, 1.807) is 36.1 Å². The maximum absolute atomic E-state index is 12.7. The lowest BCUT2D eigenvalue weighted by Gasteiger charge is -2.35. The van der Waals surface area contributed by atoms with E-state index in [2.05, 4.69) is 10.2 Å². The van der Waals surface area contributed by atoms with Crippen LogP contribution in [0.15, 0.2) is 28.7 Å². The van der Waals surface area contributed by atoms with Crippen molar-refractivity contribution in [2.45, 2.75) is 26.1 Å². The Balaban J connectivity index is 1.81. The summed E-state index contributed by atoms with van der Waals surface area (Å²) in [4.78, 5) is 14.4. The Morgan fingerprint density at radius 3 is 2.91 bits per heavy atom. The molecule has 118 valence electrons. The Morgan fingerprint density at radius 1 is 1.39 bits per heavy atom. The van der Waals surface area contributed by atoms with Gasteiger partial charge in [0.1, 0.15) is 0 Å². The molecule has 2 heterocycles. The number of benzene rings is 1. The quantitative estimate of drug-likeness (QED) is 0.840. The highest BCUT2D eigenvalue weighted by molar-refractivity contribution is 5.94. The maximum Gasteiger partial charge on any atom is 0.254 e. The molecule has 0 saturated carbocycles. The van der Waals surface area contributed by atoms with Crippen molar-refractivity contribution in [1.82, 2.24) is 15.1 Å². The number of nitriles is 1. The van der Waals surface area contributed by atoms with Crippen LogP contribution in [0, 0.1) is 18.3 Å². The van der Waals surface area contributed by atoms with Crippen LogP contribution in [0.25, 0.3) is 0 Å². The molecule has 3 rings (SSSR count). The second-order valence-corrected chi connectivity index (χ2v) is 5.50. The molecule has 2 aromatic rings. The minimum atomic E-state index is -0.442. The van der Waals surface area contributed by atoms with Gasteiger partial charge in [0, 0.05) is 19.0 Å². The summed E-state index contributed by atoms with van der Waals surface area (Å²) in [5.41, 5.74) is 0.944. The summed E-state index contributed by atoms with van der Waals surface area (Å²) in [6.45, 7) is 4.40. The smallest absolute Gasteiger partial charge is 0.254 e. The van der Waals surface area contributed by atoms with E-state index in [0.717, 1.165) is 0 Å². The highest BCUT2D eigenvalue weighted by Gasteiger charge is 2.32. The molecule has 0 spiro atoms. The van der Waals surface area contributed by atoms with Crippen molar-refractivity contribution in [3.8, 4) is 6.07 Å². The third kappa shape index (κ3) is 3.22. The summed E-state index contributed by atoms with van der Waals surface area (Å²) in [7, 11) is 0. The second-order valence-electron chi connectivity index (χ2n) is 5.50. The van der Waals surface area contributed by atoms with Crippen LogP contribution in [-0.4, -0.2) is 40.2 Å². The Labute approximate surface area is 133 Å². The fourth-order valence-electron chi connectivity index (χ4n) is 2.60. The summed E-state index contributed by atoms with van der Waals surface area (Å²) >= 11 is 0. The molecule has 1 aliphatic heterocycles. The molecule has 0 unspecified atom stereocenters. The predicted octanol–water partition coefficient (Wildman–Crippen LogP) is 1.85. The lowest BCUT2D eigenvalue weighted by Crippen LogP contribution is -2.46. The Morgan fingerprint density at radius 2 is 2.22 bits per heavy atom. The zero-order valence-electron chi connectivity index (χ0n) is 12.9. The van der Waals surface area contributed by atoms with Crippen LogP contribution in [-0.2, 0) is 4.74 Å². The minimum absolute atomic E-state index is 0.140. The van der Waals surface area contributed by atoms with Gasteiger partial charge in [0.2, 0.25) is 11.8 Å². The molecule has 1 saturated heterocycles. The summed E-state index contributed by atoms with van der Waals surface area (Å²) in [5.74, 6) is 0.692. The van der Waals surface area contributed by atoms with Gasteiger partial charge >= 0.3 is 0 Å². The fourth-order valence-corrected chi connectivity index (χ4v) is 2.60. The van der Waals surface area contributed by atoms with Crippen molar-refractivity contribution in [1.29, 1.82) is 5.26 Å². The number of rotatable bonds is 2. The van der Waals surface area contributed by atoms with E-state index < -0.39 is 6.10 Å². The van der Waals surface area contributed by atoms with E-state index in [9.17, 15) is 4.79 Å². The van der Waals surface area contributed by atoms with Crippen LogP contribution in [0.4, 0.5) is 0 Å². The number of ether oxygens (including phenoxy) is 1. The molecule has 2 atom stereocenters. The summed E-state index contributed by atoms with van der Waals surface area (Å²) in [6.07, 6.45) is -0.591. The normalized spacial score (nSPS) is 21.0. The van der Waals surface area contributed by atoms with Gasteiger partial charge in [-0.15, -0.1) is 10.2 Å². The van der Waals surface area contributed by atoms with Crippen LogP contribution in [0.5, 0.6) is 0 Å². The Bertz CT molecular complexity index is 765. The number of aryl methyl sites for hydroxylation is 1. The Kier molecular flexibility index (Phi) is 4.08. The molecule has 7 heteroatoms. The van der Waals surface area contributed by atoms with Gasteiger partial charge in [0.05, 0.1) is 24.3 Å². The SMILES string of the molecule is Cc1nnc([C@H]2CN(C(=O)c3cccc(C#N)c3)C[C@@H](C)O2)o1. The average Bonchev–Trinajstić information content (AvgIpc) is 3.00. The predicted molar refractivity (Wildman–Crippen MR) is 79.4 cm³/mol. The fraction of sp³-hybridized carbons (Fsp3) is 0.375. The van der Waals surface area contributed by atoms with Crippen LogP contribution in [0.1, 0.15) is 40.7 Å². The molecular formula is C16H16N4O3. The molecule has 0 aliphatic carbocycles. The molecule has 1 aliphatic rings. The molecule has 1 aromatic carbocycles. The summed E-state index contributed by atoms with van der Waals surface area (Å²) in [5, 5.41) is 16.7. The van der Waals surface area contributed by atoms with Crippen molar-refractivity contribution in [2.24, 2.45) is 0 Å². The highest BCUT2D eigenvalue weighted by Crippen LogP contribution is 2.25. The highest BCUT2D eigenvalue weighted by atomic mass is 16.5. The molecule has 23 heavy (non-hydrogen) atoms. The number of morpholine rings is 1. The number of nitrogens with zero attached hydrogens (tertiary/aromatic N) is 4. The number of carbonyl (C=O) groups is 1. The van der Waals surface area contributed by atoms with E-state index in [-0.39, 0.29) is 12.0 Å². The van der Waals surface area contributed by atoms with Crippen molar-refractivity contribution in [2.75, 3.05) is 13.1 Å². The van der Waals surface area contributed by atoms with Crippen LogP contribution in [0.2, 0.25) is 0 Å². The molecule has 1 aromatic heterocycles. The zero-order valence-corrected chi connectivity index (χ0v) is 12.9. The first-order valence-electron chi connectivity index (χ1n) is 7.31. The van der Waals surface area contributed by atoms with Gasteiger partial charge in [-0.05, 0) is 25.1 Å². The van der Waals surface area contributed by atoms with Gasteiger partial charge in [0.25, 0.3) is 5.91 Å². The topological polar surface area (TPSA) is 92.2 Å². The molecule has 0 radical (unpaired) electrons. The van der Waals surface area contributed by atoms with E-state index >= 15 is 0 Å². The van der Waals surface area contributed by atoms with Crippen LogP contribution in [0.3, 0.4) is 0 Å². The number of hydrogen-bond donors (Lipinski definition) is 0. The lowest BCUT2D eigenvalue weighted by molar-refractivity contribution is -0.0796.